The standard InChI is InChI=1S/C21H16F3N5O3S.C20H12Cl2F3N5O3S.C20H13ClF3N5O3S.C19H13Cl2N5O3S/c1-11-7-16(29-33(31,32)13-4-3-12(2)15(8-13)21(22,23)24)18(26-9-11)19(30)17-14-5-6-25-20(14)28-10-27-17;1-9-28-16(12-4-5-26-19(12)29-9)18(31)17-15(6-10(21)8-27-17)30-34(32,33)11-2-3-14(22)13(7-11)20(23,24)25;1-10-6-15(29-33(31,32)11-2-3-14(21)13(7-11)20(22,23)24)17(26-8-10)18(30)16-12-4-5-25-19(12)28-9-27-16;1-10-6-15(26-30(28,29)11-2-3-13(20)14(21)7-11)17(23-8-10)18(27)16-12-4-5-22-19(12)25-9-24-16/h3-10,29H,1-2H3,(H,25,27,28);2-8,30H,1H3,(H,26,28,29);2-9,29H,1H3,(H,25,27,28);2-9,26H,1H3,(H,22,24,25). The first kappa shape index (κ1) is 94.1. The number of nitrogens with one attached hydrogen (secondary N) is 8. The minimum atomic E-state index is -4.88. The van der Waals surface area contributed by atoms with Gasteiger partial charge in [-0.15, -0.1) is 0 Å². The Morgan fingerprint density at radius 2 is 0.608 bits per heavy atom. The molecule has 0 fully saturated rings. The topological polar surface area (TPSA) is 471 Å². The number of nitrogens with zero attached hydrogens (tertiary/aromatic N) is 12. The first-order chi connectivity index (χ1) is 61.1. The molecular weight excluding hydrogens is 1910 g/mol. The third-order valence-corrected chi connectivity index (χ3v) is 25.4. The van der Waals surface area contributed by atoms with Crippen LogP contribution in [0.3, 0.4) is 0 Å². The van der Waals surface area contributed by atoms with E-state index in [1.54, 1.807) is 76.7 Å². The Morgan fingerprint density at radius 1 is 0.308 bits per heavy atom. The number of rotatable bonds is 20. The molecular formula is C80H54Cl5F9N20O12S4. The number of pyridine rings is 4. The van der Waals surface area contributed by atoms with Crippen molar-refractivity contribution in [3.63, 3.8) is 0 Å². The predicted molar refractivity (Wildman–Crippen MR) is 459 cm³/mol. The fourth-order valence-electron chi connectivity index (χ4n) is 12.3. The van der Waals surface area contributed by atoms with Crippen molar-refractivity contribution in [3.05, 3.63) is 305 Å². The van der Waals surface area contributed by atoms with Crippen molar-refractivity contribution in [1.29, 1.82) is 0 Å². The SMILES string of the molecule is Cc1cnc(C(=O)c2ncnc3[nH]ccc23)c(NS(=O)(=O)c2ccc(C)c(C(F)(F)F)c2)c1.Cc1cnc(C(=O)c2ncnc3[nH]ccc23)c(NS(=O)(=O)c2ccc(Cl)c(C(F)(F)F)c2)c1.Cc1cnc(C(=O)c2ncnc3[nH]ccc23)c(NS(=O)(=O)c2ccc(Cl)c(Cl)c2)c1.Cc1nc(C(=O)c2ncc(Cl)cc2NS(=O)(=O)c2ccc(Cl)c(C(F)(F)F)c2)c2cc[nH]c2n1. The maximum atomic E-state index is 13.3. The molecule has 130 heavy (non-hydrogen) atoms. The van der Waals surface area contributed by atoms with Gasteiger partial charge in [0.1, 0.15) is 92.9 Å². The van der Waals surface area contributed by atoms with Crippen LogP contribution in [0.15, 0.2) is 209 Å². The summed E-state index contributed by atoms with van der Waals surface area (Å²) in [5.41, 5.74) is -2.16. The first-order valence-electron chi connectivity index (χ1n) is 36.5. The molecule has 0 aliphatic rings. The van der Waals surface area contributed by atoms with E-state index >= 15 is 0 Å². The van der Waals surface area contributed by atoms with Gasteiger partial charge in [0.05, 0.1) is 84.1 Å². The summed E-state index contributed by atoms with van der Waals surface area (Å²) in [5, 5.41) is 0.661. The van der Waals surface area contributed by atoms with Crippen LogP contribution < -0.4 is 18.9 Å². The summed E-state index contributed by atoms with van der Waals surface area (Å²) >= 11 is 28.9. The summed E-state index contributed by atoms with van der Waals surface area (Å²) in [7, 11) is -17.7. The number of anilines is 4. The third-order valence-electron chi connectivity index (χ3n) is 18.3. The summed E-state index contributed by atoms with van der Waals surface area (Å²) in [6.45, 7) is 7.76. The van der Waals surface area contributed by atoms with Gasteiger partial charge in [-0.1, -0.05) is 64.1 Å². The summed E-state index contributed by atoms with van der Waals surface area (Å²) in [5.74, 6) is -2.41. The number of sulfonamides is 4. The Balaban J connectivity index is 0.000000148. The van der Waals surface area contributed by atoms with Gasteiger partial charge in [-0.25, -0.2) is 78.5 Å². The van der Waals surface area contributed by atoms with Gasteiger partial charge in [-0.2, -0.15) is 39.5 Å². The van der Waals surface area contributed by atoms with Crippen LogP contribution in [0.5, 0.6) is 0 Å². The molecule has 0 amide bonds. The second-order valence-corrected chi connectivity index (χ2v) is 36.4. The van der Waals surface area contributed by atoms with E-state index in [0.29, 0.717) is 79.0 Å². The van der Waals surface area contributed by atoms with Crippen LogP contribution in [0.4, 0.5) is 62.3 Å². The minimum Gasteiger partial charge on any atom is -0.346 e. The number of aromatic amines is 4. The summed E-state index contributed by atoms with van der Waals surface area (Å²) < 4.78 is 231. The monoisotopic (exact) mass is 1960 g/mol. The van der Waals surface area contributed by atoms with Gasteiger partial charge in [-0.05, 0) is 172 Å². The maximum absolute atomic E-state index is 13.3. The van der Waals surface area contributed by atoms with Crippen molar-refractivity contribution in [2.24, 2.45) is 0 Å². The van der Waals surface area contributed by atoms with Crippen molar-refractivity contribution in [2.45, 2.75) is 72.7 Å². The molecule has 8 N–H and O–H groups in total. The number of fused-ring (bicyclic) bond motifs is 4. The second-order valence-electron chi connectivity index (χ2n) is 27.6. The summed E-state index contributed by atoms with van der Waals surface area (Å²) in [4.78, 5) is 111. The summed E-state index contributed by atoms with van der Waals surface area (Å²) in [6, 6.07) is 22.6. The van der Waals surface area contributed by atoms with Gasteiger partial charge in [0, 0.05) is 71.1 Å². The fourth-order valence-corrected chi connectivity index (χ4v) is 17.6. The molecule has 0 saturated carbocycles. The molecule has 16 rings (SSSR count). The number of carbonyl (C=O) groups excluding carboxylic acids is 4. The van der Waals surface area contributed by atoms with Crippen molar-refractivity contribution in [2.75, 3.05) is 18.9 Å². The molecule has 0 saturated heterocycles. The van der Waals surface area contributed by atoms with Crippen LogP contribution in [0.25, 0.3) is 44.1 Å². The highest BCUT2D eigenvalue weighted by Gasteiger charge is 2.39. The number of alkyl halides is 9. The van der Waals surface area contributed by atoms with Crippen molar-refractivity contribution in [3.8, 4) is 0 Å². The molecule has 0 aliphatic carbocycles. The molecule has 0 bridgehead atoms. The Hall–Kier alpha value is -13.5. The number of benzene rings is 4. The average Bonchev–Trinajstić information content (AvgIpc) is 0.868. The van der Waals surface area contributed by atoms with Crippen molar-refractivity contribution >= 4 is 188 Å². The lowest BCUT2D eigenvalue weighted by Crippen LogP contribution is -2.19. The van der Waals surface area contributed by atoms with E-state index in [4.69, 9.17) is 58.0 Å². The highest BCUT2D eigenvalue weighted by Crippen LogP contribution is 2.41. The lowest BCUT2D eigenvalue weighted by molar-refractivity contribution is -0.138. The van der Waals surface area contributed by atoms with E-state index in [2.05, 4.69) is 98.6 Å². The molecule has 32 nitrogen and oxygen atoms in total. The molecule has 0 atom stereocenters. The molecule has 12 aromatic heterocycles. The van der Waals surface area contributed by atoms with Gasteiger partial charge in [0.25, 0.3) is 40.1 Å². The van der Waals surface area contributed by atoms with Gasteiger partial charge in [0.2, 0.25) is 23.1 Å². The number of aryl methyl sites for hydroxylation is 5. The lowest BCUT2D eigenvalue weighted by atomic mass is 10.1. The number of H-pyrrole nitrogens is 4. The average molecular weight is 1960 g/mol. The van der Waals surface area contributed by atoms with Crippen molar-refractivity contribution < 1.29 is 92.4 Å². The summed E-state index contributed by atoms with van der Waals surface area (Å²) in [6.07, 6.45) is 0.746. The van der Waals surface area contributed by atoms with Gasteiger partial charge >= 0.3 is 18.5 Å². The smallest absolute Gasteiger partial charge is 0.346 e. The zero-order chi connectivity index (χ0) is 94.2. The van der Waals surface area contributed by atoms with Crippen LogP contribution in [-0.2, 0) is 58.6 Å². The predicted octanol–water partition coefficient (Wildman–Crippen LogP) is 17.4. The lowest BCUT2D eigenvalue weighted by Gasteiger charge is -2.15. The Labute approximate surface area is 752 Å². The molecule has 0 aliphatic heterocycles. The number of ketones is 4. The maximum Gasteiger partial charge on any atom is 0.417 e. The molecule has 0 spiro atoms. The molecule has 16 aromatic rings. The normalized spacial score (nSPS) is 12.0. The third kappa shape index (κ3) is 20.8. The first-order valence-corrected chi connectivity index (χ1v) is 44.3. The van der Waals surface area contributed by atoms with Crippen LogP contribution in [-0.4, -0.2) is 137 Å². The van der Waals surface area contributed by atoms with E-state index < -0.39 is 123 Å². The van der Waals surface area contributed by atoms with Gasteiger partial charge in [0.15, 0.2) is 0 Å². The minimum absolute atomic E-state index is 0.00672. The van der Waals surface area contributed by atoms with Crippen LogP contribution in [0.2, 0.25) is 25.1 Å². The quantitative estimate of drug-likeness (QED) is 0.0259. The Morgan fingerprint density at radius 3 is 0.962 bits per heavy atom. The van der Waals surface area contributed by atoms with Crippen molar-refractivity contribution in [1.82, 2.24) is 79.7 Å². The number of hydrogen-bond donors (Lipinski definition) is 8. The molecule has 668 valence electrons. The van der Waals surface area contributed by atoms with E-state index in [1.165, 1.54) is 74.6 Å². The van der Waals surface area contributed by atoms with E-state index in [0.717, 1.165) is 55.0 Å². The number of aromatic nitrogens is 16. The number of halogens is 14. The van der Waals surface area contributed by atoms with Crippen LogP contribution in [0, 0.1) is 34.6 Å². The molecule has 0 unspecified atom stereocenters. The van der Waals surface area contributed by atoms with Gasteiger partial charge in [-0.3, -0.25) is 53.0 Å². The molecule has 4 aromatic carbocycles. The zero-order valence-electron chi connectivity index (χ0n) is 66.1. The molecule has 50 heteroatoms. The van der Waals surface area contributed by atoms with E-state index in [9.17, 15) is 92.4 Å². The molecule has 12 heterocycles. The van der Waals surface area contributed by atoms with Crippen LogP contribution in [0.1, 0.15) is 109 Å². The largest absolute Gasteiger partial charge is 0.417 e. The Bertz CT molecular complexity index is 7540. The van der Waals surface area contributed by atoms with E-state index in [-0.39, 0.29) is 99.7 Å². The highest BCUT2D eigenvalue weighted by atomic mass is 35.5. The fraction of sp³-hybridized carbons (Fsp3) is 0.100. The highest BCUT2D eigenvalue weighted by molar-refractivity contribution is 7.93. The zero-order valence-corrected chi connectivity index (χ0v) is 73.1. The van der Waals surface area contributed by atoms with Crippen LogP contribution >= 0.6 is 58.0 Å². The number of hydrogen-bond acceptors (Lipinski definition) is 24. The Kier molecular flexibility index (Phi) is 26.7. The van der Waals surface area contributed by atoms with E-state index in [1.807, 2.05) is 0 Å². The molecule has 0 radical (unpaired) electrons. The number of carbonyl (C=O) groups is 4. The van der Waals surface area contributed by atoms with Gasteiger partial charge < -0.3 is 19.9 Å². The second kappa shape index (κ2) is 36.9.